The van der Waals surface area contributed by atoms with Crippen LogP contribution >= 0.6 is 0 Å². The lowest BCUT2D eigenvalue weighted by molar-refractivity contribution is -0.122. The lowest BCUT2D eigenvalue weighted by atomic mass is 10.2. The fraction of sp³-hybridized carbons (Fsp3) is 0.333. The second-order valence-corrected chi connectivity index (χ2v) is 4.87. The minimum atomic E-state index is -0.577. The van der Waals surface area contributed by atoms with Gasteiger partial charge in [-0.25, -0.2) is 0 Å². The standard InChI is InChI=1S/C15H19N3O2/c1-9-5-7-13(8-6-9)20-12(4)15(19)16-14-10(2)17-18-11(14)3/h5-8,12H,1-4H3,(H,16,19)(H,17,18). The van der Waals surface area contributed by atoms with Gasteiger partial charge in [0.15, 0.2) is 6.10 Å². The minimum Gasteiger partial charge on any atom is -0.481 e. The van der Waals surface area contributed by atoms with Crippen molar-refractivity contribution in [3.05, 3.63) is 41.2 Å². The van der Waals surface area contributed by atoms with E-state index in [2.05, 4.69) is 15.5 Å². The smallest absolute Gasteiger partial charge is 0.265 e. The van der Waals surface area contributed by atoms with E-state index >= 15 is 0 Å². The first-order valence-electron chi connectivity index (χ1n) is 6.53. The van der Waals surface area contributed by atoms with Gasteiger partial charge in [-0.05, 0) is 39.8 Å². The fourth-order valence-electron chi connectivity index (χ4n) is 1.83. The molecule has 5 heteroatoms. The zero-order valence-corrected chi connectivity index (χ0v) is 12.2. The Morgan fingerprint density at radius 2 is 1.90 bits per heavy atom. The second-order valence-electron chi connectivity index (χ2n) is 4.87. The van der Waals surface area contributed by atoms with E-state index in [-0.39, 0.29) is 5.91 Å². The largest absolute Gasteiger partial charge is 0.481 e. The summed E-state index contributed by atoms with van der Waals surface area (Å²) in [5.74, 6) is 0.483. The Balaban J connectivity index is 2.00. The minimum absolute atomic E-state index is 0.196. The van der Waals surface area contributed by atoms with Gasteiger partial charge in [0.05, 0.1) is 17.1 Å². The van der Waals surface area contributed by atoms with E-state index in [1.165, 1.54) is 0 Å². The quantitative estimate of drug-likeness (QED) is 0.900. The lowest BCUT2D eigenvalue weighted by Gasteiger charge is -2.15. The van der Waals surface area contributed by atoms with Crippen LogP contribution in [-0.2, 0) is 4.79 Å². The average molecular weight is 273 g/mol. The summed E-state index contributed by atoms with van der Waals surface area (Å²) < 4.78 is 5.62. The van der Waals surface area contributed by atoms with E-state index in [0.717, 1.165) is 17.0 Å². The van der Waals surface area contributed by atoms with Crippen molar-refractivity contribution in [1.29, 1.82) is 0 Å². The summed E-state index contributed by atoms with van der Waals surface area (Å²) in [5.41, 5.74) is 3.46. The van der Waals surface area contributed by atoms with Crippen LogP contribution < -0.4 is 10.1 Å². The van der Waals surface area contributed by atoms with Gasteiger partial charge < -0.3 is 10.1 Å². The molecule has 1 heterocycles. The first-order chi connectivity index (χ1) is 9.47. The number of aryl methyl sites for hydroxylation is 3. The van der Waals surface area contributed by atoms with Crippen LogP contribution in [0.5, 0.6) is 5.75 Å². The maximum Gasteiger partial charge on any atom is 0.265 e. The molecule has 1 atom stereocenters. The van der Waals surface area contributed by atoms with Gasteiger partial charge in [0.25, 0.3) is 5.91 Å². The van der Waals surface area contributed by atoms with Gasteiger partial charge in [0.1, 0.15) is 5.75 Å². The molecule has 106 valence electrons. The zero-order valence-electron chi connectivity index (χ0n) is 12.2. The highest BCUT2D eigenvalue weighted by atomic mass is 16.5. The number of carbonyl (C=O) groups excluding carboxylic acids is 1. The summed E-state index contributed by atoms with van der Waals surface area (Å²) in [6.45, 7) is 7.43. The Hall–Kier alpha value is -2.30. The summed E-state index contributed by atoms with van der Waals surface area (Å²) in [4.78, 5) is 12.1. The van der Waals surface area contributed by atoms with Gasteiger partial charge >= 0.3 is 0 Å². The van der Waals surface area contributed by atoms with Gasteiger partial charge in [-0.15, -0.1) is 0 Å². The van der Waals surface area contributed by atoms with Crippen molar-refractivity contribution >= 4 is 11.6 Å². The normalized spacial score (nSPS) is 12.0. The predicted octanol–water partition coefficient (Wildman–Crippen LogP) is 2.74. The molecule has 5 nitrogen and oxygen atoms in total. The van der Waals surface area contributed by atoms with Crippen LogP contribution in [0.25, 0.3) is 0 Å². The number of hydrogen-bond donors (Lipinski definition) is 2. The number of hydrogen-bond acceptors (Lipinski definition) is 3. The Morgan fingerprint density at radius 1 is 1.25 bits per heavy atom. The van der Waals surface area contributed by atoms with Crippen LogP contribution in [0.4, 0.5) is 5.69 Å². The molecule has 1 amide bonds. The van der Waals surface area contributed by atoms with E-state index < -0.39 is 6.10 Å². The van der Waals surface area contributed by atoms with Gasteiger partial charge in [0.2, 0.25) is 0 Å². The summed E-state index contributed by atoms with van der Waals surface area (Å²) in [7, 11) is 0. The van der Waals surface area contributed by atoms with Crippen molar-refractivity contribution in [2.24, 2.45) is 0 Å². The van der Waals surface area contributed by atoms with Crippen LogP contribution in [0.3, 0.4) is 0 Å². The third kappa shape index (κ3) is 3.17. The Labute approximate surface area is 118 Å². The van der Waals surface area contributed by atoms with Crippen LogP contribution in [0.1, 0.15) is 23.9 Å². The molecule has 0 radical (unpaired) electrons. The molecular weight excluding hydrogens is 254 g/mol. The topological polar surface area (TPSA) is 67.0 Å². The maximum atomic E-state index is 12.1. The van der Waals surface area contributed by atoms with Crippen LogP contribution in [0.2, 0.25) is 0 Å². The van der Waals surface area contributed by atoms with Crippen LogP contribution in [0, 0.1) is 20.8 Å². The fourth-order valence-corrected chi connectivity index (χ4v) is 1.83. The summed E-state index contributed by atoms with van der Waals surface area (Å²) in [5, 5.41) is 9.71. The summed E-state index contributed by atoms with van der Waals surface area (Å²) in [6, 6.07) is 7.61. The van der Waals surface area contributed by atoms with Crippen molar-refractivity contribution in [2.75, 3.05) is 5.32 Å². The van der Waals surface area contributed by atoms with Crippen molar-refractivity contribution in [2.45, 2.75) is 33.8 Å². The molecule has 0 aliphatic rings. The number of nitrogens with one attached hydrogen (secondary N) is 2. The summed E-state index contributed by atoms with van der Waals surface area (Å²) >= 11 is 0. The molecular formula is C15H19N3O2. The van der Waals surface area contributed by atoms with Crippen molar-refractivity contribution in [3.63, 3.8) is 0 Å². The molecule has 0 saturated carbocycles. The van der Waals surface area contributed by atoms with Gasteiger partial charge in [-0.2, -0.15) is 5.10 Å². The third-order valence-corrected chi connectivity index (χ3v) is 3.08. The lowest BCUT2D eigenvalue weighted by Crippen LogP contribution is -2.30. The number of rotatable bonds is 4. The van der Waals surface area contributed by atoms with Crippen LogP contribution in [0.15, 0.2) is 24.3 Å². The zero-order chi connectivity index (χ0) is 14.7. The first kappa shape index (κ1) is 14.1. The molecule has 0 aliphatic heterocycles. The highest BCUT2D eigenvalue weighted by Gasteiger charge is 2.17. The highest BCUT2D eigenvalue weighted by Crippen LogP contribution is 2.18. The highest BCUT2D eigenvalue weighted by molar-refractivity contribution is 5.95. The number of benzene rings is 1. The van der Waals surface area contributed by atoms with E-state index in [4.69, 9.17) is 4.74 Å². The number of aromatic amines is 1. The number of anilines is 1. The molecule has 0 spiro atoms. The van der Waals surface area contributed by atoms with Crippen LogP contribution in [-0.4, -0.2) is 22.2 Å². The molecule has 0 saturated heterocycles. The number of carbonyl (C=O) groups is 1. The number of nitrogens with zero attached hydrogens (tertiary/aromatic N) is 1. The van der Waals surface area contributed by atoms with Crippen molar-refractivity contribution in [1.82, 2.24) is 10.2 Å². The number of ether oxygens (including phenoxy) is 1. The second kappa shape index (κ2) is 5.77. The van der Waals surface area contributed by atoms with E-state index in [1.807, 2.05) is 45.0 Å². The van der Waals surface area contributed by atoms with Crippen molar-refractivity contribution < 1.29 is 9.53 Å². The Kier molecular flexibility index (Phi) is 4.08. The molecule has 1 unspecified atom stereocenters. The van der Waals surface area contributed by atoms with E-state index in [1.54, 1.807) is 6.92 Å². The van der Waals surface area contributed by atoms with Gasteiger partial charge in [-0.1, -0.05) is 17.7 Å². The third-order valence-electron chi connectivity index (χ3n) is 3.08. The Morgan fingerprint density at radius 3 is 2.45 bits per heavy atom. The molecule has 2 aromatic rings. The number of H-pyrrole nitrogens is 1. The monoisotopic (exact) mass is 273 g/mol. The molecule has 2 rings (SSSR count). The predicted molar refractivity (Wildman–Crippen MR) is 78.0 cm³/mol. The molecule has 0 fully saturated rings. The first-order valence-corrected chi connectivity index (χ1v) is 6.53. The van der Waals surface area contributed by atoms with Crippen molar-refractivity contribution in [3.8, 4) is 5.75 Å². The SMILES string of the molecule is Cc1ccc(OC(C)C(=O)Nc2c(C)n[nH]c2C)cc1. The number of amides is 1. The molecule has 2 N–H and O–H groups in total. The molecule has 20 heavy (non-hydrogen) atoms. The van der Waals surface area contributed by atoms with Gasteiger partial charge in [0, 0.05) is 0 Å². The molecule has 0 bridgehead atoms. The number of aromatic nitrogens is 2. The van der Waals surface area contributed by atoms with E-state index in [9.17, 15) is 4.79 Å². The molecule has 0 aliphatic carbocycles. The van der Waals surface area contributed by atoms with E-state index in [0.29, 0.717) is 11.4 Å². The summed E-state index contributed by atoms with van der Waals surface area (Å²) in [6.07, 6.45) is -0.577. The average Bonchev–Trinajstić information content (AvgIpc) is 2.73. The molecule has 1 aromatic carbocycles. The van der Waals surface area contributed by atoms with Gasteiger partial charge in [-0.3, -0.25) is 9.89 Å². The maximum absolute atomic E-state index is 12.1. The Bertz CT molecular complexity index is 583. The molecule has 1 aromatic heterocycles.